The van der Waals surface area contributed by atoms with E-state index in [0.29, 0.717) is 24.0 Å². The predicted octanol–water partition coefficient (Wildman–Crippen LogP) is 3.80. The minimum atomic E-state index is -0.0660. The van der Waals surface area contributed by atoms with Crippen LogP contribution in [0, 0.1) is 12.8 Å². The van der Waals surface area contributed by atoms with Crippen LogP contribution in [0.15, 0.2) is 47.5 Å². The van der Waals surface area contributed by atoms with E-state index >= 15 is 0 Å². The molecule has 4 rings (SSSR count). The van der Waals surface area contributed by atoms with Gasteiger partial charge in [-0.25, -0.2) is 4.98 Å². The fraction of sp³-hybridized carbons (Fsp3) is 0.409. The quantitative estimate of drug-likeness (QED) is 0.636. The average molecular weight is 394 g/mol. The van der Waals surface area contributed by atoms with Crippen LogP contribution < -0.4 is 4.74 Å². The fourth-order valence-electron chi connectivity index (χ4n) is 3.81. The van der Waals surface area contributed by atoms with E-state index in [0.717, 1.165) is 49.4 Å². The highest BCUT2D eigenvalue weighted by Gasteiger charge is 2.26. The number of imidazole rings is 1. The Morgan fingerprint density at radius 1 is 1.28 bits per heavy atom. The van der Waals surface area contributed by atoms with Crippen LogP contribution in [0.2, 0.25) is 0 Å². The van der Waals surface area contributed by atoms with Crippen molar-refractivity contribution in [3.8, 4) is 17.1 Å². The Morgan fingerprint density at radius 3 is 2.79 bits per heavy atom. The van der Waals surface area contributed by atoms with Crippen LogP contribution in [0.1, 0.15) is 35.8 Å². The van der Waals surface area contributed by atoms with E-state index in [2.05, 4.69) is 14.7 Å². The molecule has 0 spiro atoms. The molecule has 1 saturated heterocycles. The van der Waals surface area contributed by atoms with Crippen LogP contribution in [-0.4, -0.2) is 45.2 Å². The van der Waals surface area contributed by atoms with Gasteiger partial charge in [0, 0.05) is 43.7 Å². The first-order valence-corrected chi connectivity index (χ1v) is 10.1. The lowest BCUT2D eigenvalue weighted by Gasteiger charge is -2.31. The van der Waals surface area contributed by atoms with Gasteiger partial charge in [-0.3, -0.25) is 4.79 Å². The van der Waals surface area contributed by atoms with Crippen molar-refractivity contribution in [2.45, 2.75) is 33.2 Å². The number of aromatic nitrogens is 3. The summed E-state index contributed by atoms with van der Waals surface area (Å²) in [4.78, 5) is 18.8. The molecule has 0 N–H and O–H groups in total. The van der Waals surface area contributed by atoms with E-state index in [4.69, 9.17) is 9.26 Å². The lowest BCUT2D eigenvalue weighted by atomic mass is 9.96. The zero-order valence-corrected chi connectivity index (χ0v) is 16.9. The summed E-state index contributed by atoms with van der Waals surface area (Å²) in [5.41, 5.74) is 2.27. The monoisotopic (exact) mass is 394 g/mol. The zero-order chi connectivity index (χ0) is 20.2. The number of piperidine rings is 1. The fourth-order valence-corrected chi connectivity index (χ4v) is 3.81. The summed E-state index contributed by atoms with van der Waals surface area (Å²) in [6.07, 6.45) is 7.58. The first-order chi connectivity index (χ1) is 14.1. The number of nitrogens with zero attached hydrogens (tertiary/aromatic N) is 4. The van der Waals surface area contributed by atoms with E-state index in [9.17, 15) is 4.79 Å². The van der Waals surface area contributed by atoms with Gasteiger partial charge in [0.15, 0.2) is 11.5 Å². The molecule has 152 valence electrons. The Kier molecular flexibility index (Phi) is 5.64. The van der Waals surface area contributed by atoms with Gasteiger partial charge in [-0.1, -0.05) is 5.16 Å². The second kappa shape index (κ2) is 8.51. The van der Waals surface area contributed by atoms with Crippen molar-refractivity contribution in [3.63, 3.8) is 0 Å². The lowest BCUT2D eigenvalue weighted by Crippen LogP contribution is -2.39. The second-order valence-corrected chi connectivity index (χ2v) is 7.48. The van der Waals surface area contributed by atoms with Crippen LogP contribution in [0.25, 0.3) is 11.3 Å². The minimum absolute atomic E-state index is 0.0660. The van der Waals surface area contributed by atoms with Crippen molar-refractivity contribution in [2.24, 2.45) is 5.92 Å². The van der Waals surface area contributed by atoms with Crippen molar-refractivity contribution < 1.29 is 14.1 Å². The van der Waals surface area contributed by atoms with Crippen molar-refractivity contribution in [1.82, 2.24) is 19.6 Å². The smallest absolute Gasteiger partial charge is 0.276 e. The molecular formula is C22H26N4O3. The summed E-state index contributed by atoms with van der Waals surface area (Å²) >= 11 is 0. The highest BCUT2D eigenvalue weighted by atomic mass is 16.5. The number of carbonyl (C=O) groups excluding carboxylic acids is 1. The summed E-state index contributed by atoms with van der Waals surface area (Å²) in [5, 5.41) is 4.03. The SMILES string of the molecule is CCOc1ccc(-c2cc(C(=O)N3CCC(Cn4ccnc4)CC3)no2)cc1C. The number of benzene rings is 1. The largest absolute Gasteiger partial charge is 0.494 e. The molecule has 7 nitrogen and oxygen atoms in total. The van der Waals surface area contributed by atoms with Gasteiger partial charge in [0.2, 0.25) is 0 Å². The number of hydrogen-bond donors (Lipinski definition) is 0. The molecule has 0 unspecified atom stereocenters. The van der Waals surface area contributed by atoms with Crippen molar-refractivity contribution in [2.75, 3.05) is 19.7 Å². The Bertz CT molecular complexity index is 956. The van der Waals surface area contributed by atoms with Crippen LogP contribution in [-0.2, 0) is 6.54 Å². The highest BCUT2D eigenvalue weighted by molar-refractivity contribution is 5.93. The molecule has 0 saturated carbocycles. The maximum Gasteiger partial charge on any atom is 0.276 e. The molecule has 0 aliphatic carbocycles. The standard InChI is InChI=1S/C22H26N4O3/c1-3-28-20-5-4-18(12-16(20)2)21-13-19(24-29-21)22(27)26-9-6-17(7-10-26)14-25-11-8-23-15-25/h4-5,8,11-13,15,17H,3,6-7,9-10,14H2,1-2H3. The van der Waals surface area contributed by atoms with Crippen molar-refractivity contribution >= 4 is 5.91 Å². The Morgan fingerprint density at radius 2 is 2.10 bits per heavy atom. The Hall–Kier alpha value is -3.09. The molecule has 3 aromatic rings. The molecule has 1 aromatic carbocycles. The third kappa shape index (κ3) is 4.34. The topological polar surface area (TPSA) is 73.4 Å². The molecule has 3 heterocycles. The van der Waals surface area contributed by atoms with Gasteiger partial charge < -0.3 is 18.7 Å². The summed E-state index contributed by atoms with van der Waals surface area (Å²) in [6.45, 7) is 7.01. The maximum atomic E-state index is 12.8. The minimum Gasteiger partial charge on any atom is -0.494 e. The van der Waals surface area contributed by atoms with Crippen LogP contribution in [0.3, 0.4) is 0 Å². The first kappa shape index (κ1) is 19.2. The predicted molar refractivity (Wildman–Crippen MR) is 109 cm³/mol. The molecule has 0 radical (unpaired) electrons. The highest BCUT2D eigenvalue weighted by Crippen LogP contribution is 2.28. The van der Waals surface area contributed by atoms with Gasteiger partial charge in [0.05, 0.1) is 12.9 Å². The third-order valence-electron chi connectivity index (χ3n) is 5.42. The normalized spacial score (nSPS) is 14.9. The number of carbonyl (C=O) groups is 1. The molecule has 29 heavy (non-hydrogen) atoms. The Labute approximate surface area is 170 Å². The van der Waals surface area contributed by atoms with E-state index in [-0.39, 0.29) is 5.91 Å². The number of aryl methyl sites for hydroxylation is 1. The summed E-state index contributed by atoms with van der Waals surface area (Å²) < 4.78 is 13.1. The molecule has 7 heteroatoms. The van der Waals surface area contributed by atoms with Gasteiger partial charge in [0.1, 0.15) is 5.75 Å². The molecule has 1 aliphatic heterocycles. The molecule has 1 amide bonds. The van der Waals surface area contributed by atoms with Gasteiger partial charge >= 0.3 is 0 Å². The van der Waals surface area contributed by atoms with Gasteiger partial charge in [-0.05, 0) is 56.4 Å². The first-order valence-electron chi connectivity index (χ1n) is 10.1. The lowest BCUT2D eigenvalue weighted by molar-refractivity contribution is 0.0672. The molecule has 1 aliphatic rings. The van der Waals surface area contributed by atoms with Gasteiger partial charge in [-0.15, -0.1) is 0 Å². The second-order valence-electron chi connectivity index (χ2n) is 7.48. The number of rotatable bonds is 6. The molecule has 2 aromatic heterocycles. The van der Waals surface area contributed by atoms with E-state index in [1.807, 2.05) is 49.5 Å². The van der Waals surface area contributed by atoms with Crippen LogP contribution >= 0.6 is 0 Å². The number of likely N-dealkylation sites (tertiary alicyclic amines) is 1. The van der Waals surface area contributed by atoms with Gasteiger partial charge in [0.25, 0.3) is 5.91 Å². The van der Waals surface area contributed by atoms with Crippen LogP contribution in [0.5, 0.6) is 5.75 Å². The molecule has 0 bridgehead atoms. The van der Waals surface area contributed by atoms with Crippen molar-refractivity contribution in [3.05, 3.63) is 54.2 Å². The third-order valence-corrected chi connectivity index (χ3v) is 5.42. The number of hydrogen-bond acceptors (Lipinski definition) is 5. The zero-order valence-electron chi connectivity index (χ0n) is 16.9. The van der Waals surface area contributed by atoms with E-state index in [1.54, 1.807) is 12.3 Å². The molecular weight excluding hydrogens is 368 g/mol. The summed E-state index contributed by atoms with van der Waals surface area (Å²) in [6, 6.07) is 7.56. The summed E-state index contributed by atoms with van der Waals surface area (Å²) in [7, 11) is 0. The van der Waals surface area contributed by atoms with E-state index in [1.165, 1.54) is 0 Å². The average Bonchev–Trinajstić information content (AvgIpc) is 3.42. The summed E-state index contributed by atoms with van der Waals surface area (Å²) in [5.74, 6) is 1.94. The molecule has 1 fully saturated rings. The van der Waals surface area contributed by atoms with Crippen LogP contribution in [0.4, 0.5) is 0 Å². The van der Waals surface area contributed by atoms with E-state index < -0.39 is 0 Å². The maximum absolute atomic E-state index is 12.8. The van der Waals surface area contributed by atoms with Crippen molar-refractivity contribution in [1.29, 1.82) is 0 Å². The molecule has 0 atom stereocenters. The number of ether oxygens (including phenoxy) is 1. The Balaban J connectivity index is 1.38. The number of amides is 1. The van der Waals surface area contributed by atoms with Gasteiger partial charge in [-0.2, -0.15) is 0 Å².